The monoisotopic (exact) mass is 242 g/mol. The maximum absolute atomic E-state index is 11.2. The van der Waals surface area contributed by atoms with Gasteiger partial charge in [0.05, 0.1) is 6.42 Å². The molecule has 2 fully saturated rings. The number of esters is 2. The minimum absolute atomic E-state index is 0.0214. The molecule has 5 heteroatoms. The summed E-state index contributed by atoms with van der Waals surface area (Å²) in [7, 11) is 0. The molecule has 0 aromatic heterocycles. The van der Waals surface area contributed by atoms with E-state index in [4.69, 9.17) is 14.2 Å². The molecule has 0 aromatic carbocycles. The highest BCUT2D eigenvalue weighted by atomic mass is 16.8. The van der Waals surface area contributed by atoms with Gasteiger partial charge in [-0.3, -0.25) is 9.59 Å². The second-order valence-corrected chi connectivity index (χ2v) is 5.73. The Labute approximate surface area is 100 Å². The number of hydrogen-bond acceptors (Lipinski definition) is 5. The van der Waals surface area contributed by atoms with Crippen LogP contribution in [-0.2, 0) is 23.8 Å². The van der Waals surface area contributed by atoms with Crippen molar-refractivity contribution in [3.63, 3.8) is 0 Å². The van der Waals surface area contributed by atoms with Crippen molar-refractivity contribution in [2.24, 2.45) is 17.3 Å². The van der Waals surface area contributed by atoms with Crippen LogP contribution in [0.5, 0.6) is 0 Å². The van der Waals surface area contributed by atoms with Crippen LogP contribution in [0.25, 0.3) is 0 Å². The van der Waals surface area contributed by atoms with Gasteiger partial charge in [-0.2, -0.15) is 0 Å². The van der Waals surface area contributed by atoms with Crippen LogP contribution in [0, 0.1) is 17.3 Å². The predicted octanol–water partition coefficient (Wildman–Crippen LogP) is 1.46. The van der Waals surface area contributed by atoms with Crippen LogP contribution >= 0.6 is 0 Å². The molecule has 4 atom stereocenters. The van der Waals surface area contributed by atoms with Crippen LogP contribution in [0.4, 0.5) is 0 Å². The topological polar surface area (TPSA) is 61.8 Å². The third-order valence-electron chi connectivity index (χ3n) is 3.30. The van der Waals surface area contributed by atoms with Gasteiger partial charge in [-0.25, -0.2) is 0 Å². The number of hydrogen-bond donors (Lipinski definition) is 0. The minimum Gasteiger partial charge on any atom is -0.435 e. The van der Waals surface area contributed by atoms with Crippen LogP contribution < -0.4 is 0 Å². The van der Waals surface area contributed by atoms with E-state index in [9.17, 15) is 9.59 Å². The Bertz CT molecular complexity index is 343. The van der Waals surface area contributed by atoms with Gasteiger partial charge in [0.2, 0.25) is 12.6 Å². The summed E-state index contributed by atoms with van der Waals surface area (Å²) < 4.78 is 15.8. The highest BCUT2D eigenvalue weighted by Crippen LogP contribution is 2.48. The number of carbonyl (C=O) groups is 2. The normalized spacial score (nSPS) is 36.6. The van der Waals surface area contributed by atoms with Crippen molar-refractivity contribution >= 4 is 11.9 Å². The summed E-state index contributed by atoms with van der Waals surface area (Å²) in [6.07, 6.45) is -0.837. The summed E-state index contributed by atoms with van der Waals surface area (Å²) >= 11 is 0. The Balaban J connectivity index is 2.20. The highest BCUT2D eigenvalue weighted by Gasteiger charge is 2.56. The first-order chi connectivity index (χ1) is 7.79. The minimum atomic E-state index is -0.615. The van der Waals surface area contributed by atoms with E-state index in [1.807, 2.05) is 20.8 Å². The van der Waals surface area contributed by atoms with Gasteiger partial charge in [-0.05, 0) is 5.41 Å². The van der Waals surface area contributed by atoms with Crippen molar-refractivity contribution in [2.75, 3.05) is 0 Å². The zero-order valence-electron chi connectivity index (χ0n) is 10.6. The van der Waals surface area contributed by atoms with Crippen molar-refractivity contribution in [1.82, 2.24) is 0 Å². The maximum atomic E-state index is 11.2. The van der Waals surface area contributed by atoms with Gasteiger partial charge < -0.3 is 14.2 Å². The molecule has 96 valence electrons. The Morgan fingerprint density at radius 2 is 2.06 bits per heavy atom. The van der Waals surface area contributed by atoms with E-state index in [0.29, 0.717) is 6.42 Å². The lowest BCUT2D eigenvalue weighted by Crippen LogP contribution is -2.35. The maximum Gasteiger partial charge on any atom is 0.308 e. The number of carbonyl (C=O) groups excluding carboxylic acids is 2. The molecule has 2 rings (SSSR count). The fraction of sp³-hybridized carbons (Fsp3) is 0.833. The average molecular weight is 242 g/mol. The first-order valence-corrected chi connectivity index (χ1v) is 5.81. The summed E-state index contributed by atoms with van der Waals surface area (Å²) in [6, 6.07) is 0. The van der Waals surface area contributed by atoms with Crippen molar-refractivity contribution in [3.8, 4) is 0 Å². The van der Waals surface area contributed by atoms with Crippen LogP contribution in [0.3, 0.4) is 0 Å². The summed E-state index contributed by atoms with van der Waals surface area (Å²) in [6.45, 7) is 7.48. The van der Waals surface area contributed by atoms with E-state index in [1.165, 1.54) is 6.92 Å². The van der Waals surface area contributed by atoms with Crippen LogP contribution in [0.1, 0.15) is 34.1 Å². The number of rotatable bonds is 1. The molecule has 0 bridgehead atoms. The molecule has 0 amide bonds. The lowest BCUT2D eigenvalue weighted by Gasteiger charge is -2.32. The van der Waals surface area contributed by atoms with E-state index in [1.54, 1.807) is 0 Å². The molecule has 17 heavy (non-hydrogen) atoms. The summed E-state index contributed by atoms with van der Waals surface area (Å²) in [5, 5.41) is 0. The second kappa shape index (κ2) is 3.98. The zero-order chi connectivity index (χ0) is 12.8. The lowest BCUT2D eigenvalue weighted by atomic mass is 9.73. The van der Waals surface area contributed by atoms with Gasteiger partial charge in [0, 0.05) is 18.8 Å². The molecule has 0 N–H and O–H groups in total. The highest BCUT2D eigenvalue weighted by molar-refractivity contribution is 5.72. The standard InChI is InChI=1S/C12H18O5/c1-6(13)15-11-9(12(2,3)4)7-5-8(14)16-10(7)17-11/h7,9-11H,5H2,1-4H3/t7-,9+,10+,11+/m1/s1. The van der Waals surface area contributed by atoms with Crippen molar-refractivity contribution < 1.29 is 23.8 Å². The summed E-state index contributed by atoms with van der Waals surface area (Å²) in [5.41, 5.74) is -0.118. The molecule has 0 unspecified atom stereocenters. The molecule has 0 radical (unpaired) electrons. The third-order valence-corrected chi connectivity index (χ3v) is 3.30. The first-order valence-electron chi connectivity index (χ1n) is 5.81. The molecule has 0 aromatic rings. The molecule has 0 saturated carbocycles. The van der Waals surface area contributed by atoms with E-state index >= 15 is 0 Å². The largest absolute Gasteiger partial charge is 0.435 e. The molecule has 0 spiro atoms. The Kier molecular flexibility index (Phi) is 2.89. The quantitative estimate of drug-likeness (QED) is 0.651. The van der Waals surface area contributed by atoms with Crippen molar-refractivity contribution in [1.29, 1.82) is 0 Å². The summed E-state index contributed by atoms with van der Waals surface area (Å²) in [5.74, 6) is -0.666. The Morgan fingerprint density at radius 3 is 2.59 bits per heavy atom. The van der Waals surface area contributed by atoms with E-state index in [0.717, 1.165) is 0 Å². The molecule has 2 aliphatic heterocycles. The fourth-order valence-electron chi connectivity index (χ4n) is 2.71. The van der Waals surface area contributed by atoms with Gasteiger partial charge in [-0.1, -0.05) is 20.8 Å². The van der Waals surface area contributed by atoms with Gasteiger partial charge >= 0.3 is 11.9 Å². The smallest absolute Gasteiger partial charge is 0.308 e. The van der Waals surface area contributed by atoms with E-state index < -0.39 is 12.6 Å². The molecular formula is C12H18O5. The second-order valence-electron chi connectivity index (χ2n) is 5.73. The van der Waals surface area contributed by atoms with Crippen LogP contribution in [-0.4, -0.2) is 24.5 Å². The number of fused-ring (bicyclic) bond motifs is 1. The Hall–Kier alpha value is -1.10. The zero-order valence-corrected chi connectivity index (χ0v) is 10.6. The van der Waals surface area contributed by atoms with Crippen LogP contribution in [0.2, 0.25) is 0 Å². The van der Waals surface area contributed by atoms with E-state index in [-0.39, 0.29) is 29.2 Å². The SMILES string of the molecule is CC(=O)O[C@H]1O[C@@H]2OC(=O)C[C@@H]2[C@@H]1C(C)(C)C. The number of ether oxygens (including phenoxy) is 3. The van der Waals surface area contributed by atoms with Gasteiger partial charge in [0.25, 0.3) is 0 Å². The van der Waals surface area contributed by atoms with Crippen molar-refractivity contribution in [2.45, 2.75) is 46.7 Å². The average Bonchev–Trinajstić information content (AvgIpc) is 2.55. The third kappa shape index (κ3) is 2.29. The Morgan fingerprint density at radius 1 is 1.41 bits per heavy atom. The molecule has 2 saturated heterocycles. The molecule has 2 heterocycles. The molecule has 0 aliphatic carbocycles. The van der Waals surface area contributed by atoms with Gasteiger partial charge in [0.1, 0.15) is 0 Å². The predicted molar refractivity (Wildman–Crippen MR) is 57.6 cm³/mol. The van der Waals surface area contributed by atoms with Gasteiger partial charge in [0.15, 0.2) is 0 Å². The van der Waals surface area contributed by atoms with Crippen LogP contribution in [0.15, 0.2) is 0 Å². The lowest BCUT2D eigenvalue weighted by molar-refractivity contribution is -0.212. The molecular weight excluding hydrogens is 224 g/mol. The van der Waals surface area contributed by atoms with E-state index in [2.05, 4.69) is 0 Å². The molecule has 2 aliphatic rings. The van der Waals surface area contributed by atoms with Crippen molar-refractivity contribution in [3.05, 3.63) is 0 Å². The summed E-state index contributed by atoms with van der Waals surface area (Å²) in [4.78, 5) is 22.3. The fourth-order valence-corrected chi connectivity index (χ4v) is 2.71. The molecule has 5 nitrogen and oxygen atoms in total. The first kappa shape index (κ1) is 12.4. The van der Waals surface area contributed by atoms with Gasteiger partial charge in [-0.15, -0.1) is 0 Å².